The number of nitrogens with zero attached hydrogens (tertiary/aromatic N) is 1. The Morgan fingerprint density at radius 2 is 2.23 bits per heavy atom. The summed E-state index contributed by atoms with van der Waals surface area (Å²) < 4.78 is 0. The van der Waals surface area contributed by atoms with Gasteiger partial charge in [0.05, 0.1) is 6.20 Å². The van der Waals surface area contributed by atoms with E-state index in [4.69, 9.17) is 0 Å². The summed E-state index contributed by atoms with van der Waals surface area (Å²) in [5.74, 6) is 0. The monoisotopic (exact) mass is 179 g/mol. The van der Waals surface area contributed by atoms with Gasteiger partial charge in [-0.15, -0.1) is 0 Å². The van der Waals surface area contributed by atoms with Gasteiger partial charge in [0.1, 0.15) is 0 Å². The molecular formula is C10H17N3. The predicted molar refractivity (Wildman–Crippen MR) is 52.5 cm³/mol. The molecule has 0 saturated carbocycles. The zero-order chi connectivity index (χ0) is 9.47. The summed E-state index contributed by atoms with van der Waals surface area (Å²) >= 11 is 0. The normalized spacial score (nSPS) is 22.8. The lowest BCUT2D eigenvalue weighted by Gasteiger charge is -2.34. The van der Waals surface area contributed by atoms with Crippen LogP contribution < -0.4 is 5.32 Å². The van der Waals surface area contributed by atoms with Gasteiger partial charge in [0, 0.05) is 30.3 Å². The third kappa shape index (κ3) is 1.48. The number of rotatable bonds is 0. The molecule has 0 radical (unpaired) electrons. The average Bonchev–Trinajstić information content (AvgIpc) is 2.48. The first-order valence-corrected chi connectivity index (χ1v) is 4.84. The number of fused-ring (bicyclic) bond motifs is 1. The second-order valence-electron chi connectivity index (χ2n) is 4.81. The number of nitrogens with one attached hydrogen (secondary N) is 2. The Morgan fingerprint density at radius 3 is 2.92 bits per heavy atom. The minimum Gasteiger partial charge on any atom is -0.309 e. The Balaban J connectivity index is 2.35. The summed E-state index contributed by atoms with van der Waals surface area (Å²) in [4.78, 5) is 0. The molecule has 3 nitrogen and oxygen atoms in total. The van der Waals surface area contributed by atoms with E-state index in [1.54, 1.807) is 0 Å². The molecule has 1 aromatic heterocycles. The zero-order valence-corrected chi connectivity index (χ0v) is 8.52. The Labute approximate surface area is 78.9 Å². The van der Waals surface area contributed by atoms with Crippen LogP contribution in [-0.4, -0.2) is 16.7 Å². The molecule has 0 aromatic carbocycles. The van der Waals surface area contributed by atoms with Crippen molar-refractivity contribution in [3.8, 4) is 0 Å². The van der Waals surface area contributed by atoms with E-state index in [1.165, 1.54) is 11.3 Å². The molecule has 1 unspecified atom stereocenters. The molecule has 1 aromatic rings. The first-order valence-electron chi connectivity index (χ1n) is 4.84. The molecule has 2 heterocycles. The second-order valence-corrected chi connectivity index (χ2v) is 4.81. The first kappa shape index (κ1) is 8.75. The fourth-order valence-electron chi connectivity index (χ4n) is 2.00. The molecule has 13 heavy (non-hydrogen) atoms. The van der Waals surface area contributed by atoms with E-state index in [2.05, 4.69) is 36.3 Å². The van der Waals surface area contributed by atoms with E-state index in [0.29, 0.717) is 6.04 Å². The number of hydrogen-bond acceptors (Lipinski definition) is 2. The van der Waals surface area contributed by atoms with Gasteiger partial charge in [-0.25, -0.2) is 0 Å². The van der Waals surface area contributed by atoms with E-state index >= 15 is 0 Å². The van der Waals surface area contributed by atoms with Crippen LogP contribution in [0.2, 0.25) is 0 Å². The van der Waals surface area contributed by atoms with Gasteiger partial charge in [0.15, 0.2) is 0 Å². The third-order valence-electron chi connectivity index (χ3n) is 2.65. The number of aromatic nitrogens is 2. The van der Waals surface area contributed by atoms with Gasteiger partial charge in [-0.3, -0.25) is 5.10 Å². The molecule has 72 valence electrons. The zero-order valence-electron chi connectivity index (χ0n) is 8.52. The Morgan fingerprint density at radius 1 is 1.46 bits per heavy atom. The quantitative estimate of drug-likeness (QED) is 0.635. The van der Waals surface area contributed by atoms with Gasteiger partial charge >= 0.3 is 0 Å². The highest BCUT2D eigenvalue weighted by atomic mass is 15.1. The maximum atomic E-state index is 4.10. The molecule has 0 spiro atoms. The van der Waals surface area contributed by atoms with Gasteiger partial charge < -0.3 is 5.32 Å². The van der Waals surface area contributed by atoms with Gasteiger partial charge in [0.2, 0.25) is 0 Å². The third-order valence-corrected chi connectivity index (χ3v) is 2.65. The standard InChI is InChI=1S/C10H17N3/c1-10(2,3)9-7-6-12-13-8(7)4-5-11-9/h6,9,11H,4-5H2,1-3H3,(H,12,13). The average molecular weight is 179 g/mol. The lowest BCUT2D eigenvalue weighted by molar-refractivity contribution is 0.263. The molecular weight excluding hydrogens is 162 g/mol. The lowest BCUT2D eigenvalue weighted by atomic mass is 9.80. The van der Waals surface area contributed by atoms with E-state index in [0.717, 1.165) is 13.0 Å². The molecule has 0 aliphatic carbocycles. The van der Waals surface area contributed by atoms with Crippen molar-refractivity contribution in [1.82, 2.24) is 15.5 Å². The molecule has 1 aliphatic heterocycles. The van der Waals surface area contributed by atoms with Crippen LogP contribution in [0.5, 0.6) is 0 Å². The van der Waals surface area contributed by atoms with Crippen LogP contribution in [0, 0.1) is 5.41 Å². The topological polar surface area (TPSA) is 40.7 Å². The summed E-state index contributed by atoms with van der Waals surface area (Å²) in [6, 6.07) is 0.440. The van der Waals surface area contributed by atoms with Crippen LogP contribution in [0.15, 0.2) is 6.20 Å². The van der Waals surface area contributed by atoms with Gasteiger partial charge in [-0.2, -0.15) is 5.10 Å². The van der Waals surface area contributed by atoms with E-state index in [-0.39, 0.29) is 5.41 Å². The largest absolute Gasteiger partial charge is 0.309 e. The van der Waals surface area contributed by atoms with Crippen molar-refractivity contribution in [1.29, 1.82) is 0 Å². The van der Waals surface area contributed by atoms with Gasteiger partial charge in [-0.1, -0.05) is 20.8 Å². The summed E-state index contributed by atoms with van der Waals surface area (Å²) in [5, 5.41) is 10.7. The van der Waals surface area contributed by atoms with E-state index < -0.39 is 0 Å². The Hall–Kier alpha value is -0.830. The molecule has 0 bridgehead atoms. The number of aromatic amines is 1. The number of H-pyrrole nitrogens is 1. The van der Waals surface area contributed by atoms with E-state index in [9.17, 15) is 0 Å². The predicted octanol–water partition coefficient (Wildman–Crippen LogP) is 1.64. The van der Waals surface area contributed by atoms with Gasteiger partial charge in [0.25, 0.3) is 0 Å². The van der Waals surface area contributed by atoms with Crippen molar-refractivity contribution in [2.45, 2.75) is 33.2 Å². The smallest absolute Gasteiger partial charge is 0.0538 e. The molecule has 1 atom stereocenters. The molecule has 1 aliphatic rings. The SMILES string of the molecule is CC(C)(C)C1NCCc2[nH]ncc21. The Kier molecular flexibility index (Phi) is 1.91. The van der Waals surface area contributed by atoms with Crippen LogP contribution in [0.3, 0.4) is 0 Å². The number of hydrogen-bond donors (Lipinski definition) is 2. The fraction of sp³-hybridized carbons (Fsp3) is 0.700. The van der Waals surface area contributed by atoms with Crippen molar-refractivity contribution in [2.75, 3.05) is 6.54 Å². The highest BCUT2D eigenvalue weighted by Gasteiger charge is 2.30. The van der Waals surface area contributed by atoms with Crippen molar-refractivity contribution < 1.29 is 0 Å². The van der Waals surface area contributed by atoms with Gasteiger partial charge in [-0.05, 0) is 5.41 Å². The van der Waals surface area contributed by atoms with Crippen LogP contribution in [0.1, 0.15) is 38.1 Å². The molecule has 3 heteroatoms. The molecule has 0 saturated heterocycles. The fourth-order valence-corrected chi connectivity index (χ4v) is 2.00. The second kappa shape index (κ2) is 2.84. The maximum absolute atomic E-state index is 4.10. The van der Waals surface area contributed by atoms with Crippen LogP contribution in [0.4, 0.5) is 0 Å². The molecule has 2 rings (SSSR count). The highest BCUT2D eigenvalue weighted by Crippen LogP contribution is 2.35. The van der Waals surface area contributed by atoms with Crippen LogP contribution in [-0.2, 0) is 6.42 Å². The lowest BCUT2D eigenvalue weighted by Crippen LogP contribution is -2.37. The van der Waals surface area contributed by atoms with Crippen molar-refractivity contribution in [2.24, 2.45) is 5.41 Å². The summed E-state index contributed by atoms with van der Waals surface area (Å²) in [7, 11) is 0. The van der Waals surface area contributed by atoms with Crippen LogP contribution >= 0.6 is 0 Å². The first-order chi connectivity index (χ1) is 6.09. The maximum Gasteiger partial charge on any atom is 0.0538 e. The minimum atomic E-state index is 0.263. The Bertz CT molecular complexity index is 295. The summed E-state index contributed by atoms with van der Waals surface area (Å²) in [6.45, 7) is 7.82. The van der Waals surface area contributed by atoms with Crippen molar-refractivity contribution >= 4 is 0 Å². The highest BCUT2D eigenvalue weighted by molar-refractivity contribution is 5.25. The van der Waals surface area contributed by atoms with Crippen molar-refractivity contribution in [3.05, 3.63) is 17.5 Å². The molecule has 0 amide bonds. The summed E-state index contributed by atoms with van der Waals surface area (Å²) in [6.07, 6.45) is 3.03. The van der Waals surface area contributed by atoms with Crippen molar-refractivity contribution in [3.63, 3.8) is 0 Å². The molecule has 2 N–H and O–H groups in total. The minimum absolute atomic E-state index is 0.263. The van der Waals surface area contributed by atoms with Crippen LogP contribution in [0.25, 0.3) is 0 Å². The summed E-state index contributed by atoms with van der Waals surface area (Å²) in [5.41, 5.74) is 2.91. The molecule has 0 fully saturated rings. The van der Waals surface area contributed by atoms with E-state index in [1.807, 2.05) is 6.20 Å².